The molecule has 164 valence electrons. The van der Waals surface area contributed by atoms with Crippen LogP contribution in [-0.4, -0.2) is 22.1 Å². The van der Waals surface area contributed by atoms with Crippen molar-refractivity contribution in [3.8, 4) is 0 Å². The number of alkyl halides is 2. The number of carbonyl (C=O) groups is 3. The number of rotatable bonds is 5. The van der Waals surface area contributed by atoms with E-state index in [0.29, 0.717) is 12.0 Å². The second kappa shape index (κ2) is 8.61. The number of aryl methyl sites for hydroxylation is 1. The number of anilines is 3. The second-order valence-electron chi connectivity index (χ2n) is 7.08. The van der Waals surface area contributed by atoms with Crippen LogP contribution in [0.1, 0.15) is 29.3 Å². The predicted molar refractivity (Wildman–Crippen MR) is 116 cm³/mol. The number of nitrogens with one attached hydrogen (secondary N) is 3. The summed E-state index contributed by atoms with van der Waals surface area (Å²) in [4.78, 5) is 36.1. The molecule has 1 aliphatic rings. The number of benzene rings is 2. The normalized spacial score (nSPS) is 16.4. The maximum atomic E-state index is 14.6. The Balaban J connectivity index is 1.87. The third-order valence-electron chi connectivity index (χ3n) is 4.55. The highest BCUT2D eigenvalue weighted by molar-refractivity contribution is 6.52. The molecule has 1 aliphatic carbocycles. The number of hydrogen-bond donors (Lipinski definition) is 3. The van der Waals surface area contributed by atoms with Crippen LogP contribution in [0.25, 0.3) is 0 Å². The summed E-state index contributed by atoms with van der Waals surface area (Å²) in [6, 6.07) is 4.72. The molecular formula is C20H16Cl3F2N3O3. The lowest BCUT2D eigenvalue weighted by Crippen LogP contribution is -2.19. The first kappa shape index (κ1) is 23.2. The van der Waals surface area contributed by atoms with Gasteiger partial charge in [0.1, 0.15) is 15.8 Å². The first-order valence-electron chi connectivity index (χ1n) is 8.96. The van der Waals surface area contributed by atoms with E-state index in [-0.39, 0.29) is 22.0 Å². The highest BCUT2D eigenvalue weighted by Crippen LogP contribution is 2.53. The van der Waals surface area contributed by atoms with E-state index in [0.717, 1.165) is 19.1 Å². The third kappa shape index (κ3) is 5.08. The molecular weight excluding hydrogens is 475 g/mol. The Hall–Kier alpha value is -2.42. The van der Waals surface area contributed by atoms with Crippen molar-refractivity contribution in [2.24, 2.45) is 5.92 Å². The van der Waals surface area contributed by atoms with E-state index in [2.05, 4.69) is 16.0 Å². The van der Waals surface area contributed by atoms with E-state index in [1.54, 1.807) is 6.92 Å². The van der Waals surface area contributed by atoms with Gasteiger partial charge in [0.2, 0.25) is 11.8 Å². The van der Waals surface area contributed by atoms with E-state index in [4.69, 9.17) is 34.8 Å². The molecule has 0 unspecified atom stereocenters. The Kier molecular flexibility index (Phi) is 6.45. The van der Waals surface area contributed by atoms with E-state index < -0.39 is 45.3 Å². The van der Waals surface area contributed by atoms with Crippen LogP contribution in [0.5, 0.6) is 0 Å². The van der Waals surface area contributed by atoms with Crippen molar-refractivity contribution < 1.29 is 23.2 Å². The van der Waals surface area contributed by atoms with Gasteiger partial charge in [0, 0.05) is 12.6 Å². The molecule has 0 heterocycles. The Morgan fingerprint density at radius 3 is 2.32 bits per heavy atom. The number of halogens is 5. The van der Waals surface area contributed by atoms with Crippen molar-refractivity contribution in [1.82, 2.24) is 0 Å². The smallest absolute Gasteiger partial charge is 0.257 e. The summed E-state index contributed by atoms with van der Waals surface area (Å²) >= 11 is 18.0. The van der Waals surface area contributed by atoms with Gasteiger partial charge in [0.05, 0.1) is 22.2 Å². The highest BCUT2D eigenvalue weighted by Gasteiger charge is 2.56. The van der Waals surface area contributed by atoms with Gasteiger partial charge in [0.25, 0.3) is 5.91 Å². The van der Waals surface area contributed by atoms with E-state index in [1.165, 1.54) is 12.1 Å². The van der Waals surface area contributed by atoms with Gasteiger partial charge in [-0.05, 0) is 43.2 Å². The highest BCUT2D eigenvalue weighted by atomic mass is 35.5. The molecule has 3 rings (SSSR count). The van der Waals surface area contributed by atoms with Gasteiger partial charge in [-0.1, -0.05) is 11.6 Å². The van der Waals surface area contributed by atoms with Crippen molar-refractivity contribution in [2.45, 2.75) is 24.6 Å². The van der Waals surface area contributed by atoms with Crippen molar-refractivity contribution in [3.63, 3.8) is 0 Å². The molecule has 1 saturated carbocycles. The molecule has 0 bridgehead atoms. The van der Waals surface area contributed by atoms with E-state index in [1.807, 2.05) is 0 Å². The second-order valence-corrected chi connectivity index (χ2v) is 9.00. The molecule has 1 atom stereocenters. The lowest BCUT2D eigenvalue weighted by Gasteiger charge is -2.14. The molecule has 6 nitrogen and oxygen atoms in total. The summed E-state index contributed by atoms with van der Waals surface area (Å²) in [6.07, 6.45) is 0.297. The summed E-state index contributed by atoms with van der Waals surface area (Å²) in [5.74, 6) is -4.72. The fraction of sp³-hybridized carbons (Fsp3) is 0.250. The number of hydrogen-bond acceptors (Lipinski definition) is 3. The topological polar surface area (TPSA) is 87.3 Å². The van der Waals surface area contributed by atoms with Crippen LogP contribution in [0, 0.1) is 24.5 Å². The van der Waals surface area contributed by atoms with Crippen LogP contribution in [0.3, 0.4) is 0 Å². The summed E-state index contributed by atoms with van der Waals surface area (Å²) in [6.45, 7) is 2.75. The van der Waals surface area contributed by atoms with Crippen molar-refractivity contribution in [2.75, 3.05) is 16.0 Å². The number of carbonyl (C=O) groups excluding carboxylic acids is 3. The quantitative estimate of drug-likeness (QED) is 0.499. The van der Waals surface area contributed by atoms with Gasteiger partial charge in [-0.25, -0.2) is 8.78 Å². The van der Waals surface area contributed by atoms with Crippen LogP contribution in [0.4, 0.5) is 25.8 Å². The lowest BCUT2D eigenvalue weighted by molar-refractivity contribution is -0.117. The van der Waals surface area contributed by atoms with E-state index in [9.17, 15) is 23.2 Å². The molecule has 2 aromatic rings. The summed E-state index contributed by atoms with van der Waals surface area (Å²) in [7, 11) is 0. The van der Waals surface area contributed by atoms with Gasteiger partial charge < -0.3 is 16.0 Å². The van der Waals surface area contributed by atoms with Gasteiger partial charge in [-0.2, -0.15) is 0 Å². The molecule has 0 spiro atoms. The zero-order chi connectivity index (χ0) is 23.1. The Morgan fingerprint density at radius 2 is 1.74 bits per heavy atom. The van der Waals surface area contributed by atoms with Crippen molar-refractivity contribution >= 4 is 69.6 Å². The molecule has 3 amide bonds. The van der Waals surface area contributed by atoms with Crippen LogP contribution in [-0.2, 0) is 9.59 Å². The molecule has 0 saturated heterocycles. The predicted octanol–water partition coefficient (Wildman–Crippen LogP) is 5.27. The molecule has 0 radical (unpaired) electrons. The van der Waals surface area contributed by atoms with Gasteiger partial charge >= 0.3 is 0 Å². The first-order chi connectivity index (χ1) is 14.4. The maximum absolute atomic E-state index is 14.6. The minimum atomic E-state index is -1.16. The largest absolute Gasteiger partial charge is 0.326 e. The summed E-state index contributed by atoms with van der Waals surface area (Å²) in [5, 5.41) is 6.96. The fourth-order valence-corrected chi connectivity index (χ4v) is 3.57. The van der Waals surface area contributed by atoms with Crippen molar-refractivity contribution in [1.29, 1.82) is 0 Å². The Bertz CT molecular complexity index is 1110. The maximum Gasteiger partial charge on any atom is 0.257 e. The fourth-order valence-electron chi connectivity index (χ4n) is 2.87. The summed E-state index contributed by atoms with van der Waals surface area (Å²) < 4.78 is 27.6. The van der Waals surface area contributed by atoms with E-state index >= 15 is 0 Å². The molecule has 3 N–H and O–H groups in total. The minimum absolute atomic E-state index is 0.0322. The molecule has 0 aliphatic heterocycles. The zero-order valence-corrected chi connectivity index (χ0v) is 18.5. The summed E-state index contributed by atoms with van der Waals surface area (Å²) in [5.41, 5.74) is -0.508. The molecule has 0 aromatic heterocycles. The van der Waals surface area contributed by atoms with Crippen molar-refractivity contribution in [3.05, 3.63) is 52.0 Å². The van der Waals surface area contributed by atoms with Gasteiger partial charge in [0.15, 0.2) is 5.82 Å². The average molecular weight is 491 g/mol. The average Bonchev–Trinajstić information content (AvgIpc) is 3.32. The van der Waals surface area contributed by atoms with Gasteiger partial charge in [-0.15, -0.1) is 23.2 Å². The zero-order valence-electron chi connectivity index (χ0n) is 16.2. The first-order valence-corrected chi connectivity index (χ1v) is 10.1. The number of amides is 3. The van der Waals surface area contributed by atoms with Crippen LogP contribution in [0.2, 0.25) is 5.02 Å². The van der Waals surface area contributed by atoms with Crippen LogP contribution in [0.15, 0.2) is 24.3 Å². The lowest BCUT2D eigenvalue weighted by atomic mass is 10.1. The monoisotopic (exact) mass is 489 g/mol. The third-order valence-corrected chi connectivity index (χ3v) is 5.89. The SMILES string of the molecule is CC(=O)Nc1ccc(F)c(NC(=O)c2cc(NC(=O)[C@H]3CC3(Cl)Cl)cc(C)c2Cl)c1F. The minimum Gasteiger partial charge on any atom is -0.326 e. The van der Waals surface area contributed by atoms with Crippen LogP contribution >= 0.6 is 34.8 Å². The van der Waals surface area contributed by atoms with Crippen LogP contribution < -0.4 is 16.0 Å². The Morgan fingerprint density at radius 1 is 1.10 bits per heavy atom. The molecule has 31 heavy (non-hydrogen) atoms. The van der Waals surface area contributed by atoms with Gasteiger partial charge in [-0.3, -0.25) is 14.4 Å². The molecule has 2 aromatic carbocycles. The Labute approximate surface area is 191 Å². The standard InChI is InChI=1S/C20H16Cl3F2N3O3/c1-8-5-10(27-19(31)12-7-20(12,22)23)6-11(15(8)21)18(30)28-17-13(24)3-4-14(16(17)25)26-9(2)29/h3-6,12H,7H2,1-2H3,(H,26,29)(H,27,31)(H,28,30)/t12-/m1/s1. The molecule has 1 fully saturated rings. The molecule has 11 heteroatoms.